The van der Waals surface area contributed by atoms with Gasteiger partial charge in [0.05, 0.1) is 0 Å². The zero-order valence-electron chi connectivity index (χ0n) is 15.3. The molecule has 0 bridgehead atoms. The van der Waals surface area contributed by atoms with E-state index in [1.54, 1.807) is 4.90 Å². The Labute approximate surface area is 152 Å². The van der Waals surface area contributed by atoms with Gasteiger partial charge in [0.1, 0.15) is 17.3 Å². The Bertz CT molecular complexity index is 787. The normalized spacial score (nSPS) is 14.5. The standard InChI is InChI=1S/C20H23F2N3O/c1-13-11-14(2)19(15(3)12-13)24-7-9-25(10-8-24)20(26)23-18-16(21)5-4-6-17(18)22/h4-6,11-12H,7-10H2,1-3H3,(H,23,26). The Morgan fingerprint density at radius 2 is 1.50 bits per heavy atom. The first-order valence-corrected chi connectivity index (χ1v) is 8.69. The van der Waals surface area contributed by atoms with Crippen LogP contribution in [0.5, 0.6) is 0 Å². The molecule has 1 fully saturated rings. The first-order valence-electron chi connectivity index (χ1n) is 8.69. The lowest BCUT2D eigenvalue weighted by atomic mass is 10.0. The Kier molecular flexibility index (Phi) is 5.11. The van der Waals surface area contributed by atoms with E-state index in [2.05, 4.69) is 43.1 Å². The third-order valence-corrected chi connectivity index (χ3v) is 4.71. The van der Waals surface area contributed by atoms with Crippen molar-refractivity contribution in [2.75, 3.05) is 36.4 Å². The van der Waals surface area contributed by atoms with Gasteiger partial charge in [-0.2, -0.15) is 0 Å². The highest BCUT2D eigenvalue weighted by molar-refractivity contribution is 5.89. The average molecular weight is 359 g/mol. The number of carbonyl (C=O) groups is 1. The van der Waals surface area contributed by atoms with E-state index in [9.17, 15) is 13.6 Å². The number of nitrogens with one attached hydrogen (secondary N) is 1. The van der Waals surface area contributed by atoms with Gasteiger partial charge in [-0.3, -0.25) is 0 Å². The van der Waals surface area contributed by atoms with Gasteiger partial charge in [0.2, 0.25) is 0 Å². The summed E-state index contributed by atoms with van der Waals surface area (Å²) in [6.45, 7) is 8.61. The molecule has 1 aliphatic heterocycles. The number of carbonyl (C=O) groups excluding carboxylic acids is 1. The van der Waals surface area contributed by atoms with Gasteiger partial charge >= 0.3 is 6.03 Å². The summed E-state index contributed by atoms with van der Waals surface area (Å²) in [4.78, 5) is 16.2. The third kappa shape index (κ3) is 3.64. The van der Waals surface area contributed by atoms with E-state index < -0.39 is 23.4 Å². The van der Waals surface area contributed by atoms with Gasteiger partial charge in [-0.25, -0.2) is 13.6 Å². The van der Waals surface area contributed by atoms with Gasteiger partial charge in [-0.05, 0) is 44.0 Å². The number of piperazine rings is 1. The number of aryl methyl sites for hydroxylation is 3. The first-order chi connectivity index (χ1) is 12.4. The number of hydrogen-bond donors (Lipinski definition) is 1. The van der Waals surface area contributed by atoms with Crippen LogP contribution in [0.3, 0.4) is 0 Å². The number of halogens is 2. The second-order valence-corrected chi connectivity index (χ2v) is 6.75. The van der Waals surface area contributed by atoms with Gasteiger partial charge in [-0.15, -0.1) is 0 Å². The van der Waals surface area contributed by atoms with Crippen molar-refractivity contribution in [1.82, 2.24) is 4.90 Å². The molecular formula is C20H23F2N3O. The van der Waals surface area contributed by atoms with Crippen LogP contribution < -0.4 is 10.2 Å². The number of benzene rings is 2. The van der Waals surface area contributed by atoms with Crippen molar-refractivity contribution in [2.24, 2.45) is 0 Å². The highest BCUT2D eigenvalue weighted by Gasteiger charge is 2.24. The molecular weight excluding hydrogens is 336 g/mol. The summed E-state index contributed by atoms with van der Waals surface area (Å²) in [5.41, 5.74) is 4.47. The predicted octanol–water partition coefficient (Wildman–Crippen LogP) is 4.24. The Morgan fingerprint density at radius 1 is 0.962 bits per heavy atom. The second kappa shape index (κ2) is 7.32. The largest absolute Gasteiger partial charge is 0.368 e. The predicted molar refractivity (Wildman–Crippen MR) is 99.8 cm³/mol. The van der Waals surface area contributed by atoms with Gasteiger partial charge in [0.15, 0.2) is 0 Å². The molecule has 2 aromatic rings. The van der Waals surface area contributed by atoms with E-state index in [0.717, 1.165) is 12.1 Å². The fourth-order valence-electron chi connectivity index (χ4n) is 3.61. The highest BCUT2D eigenvalue weighted by atomic mass is 19.1. The van der Waals surface area contributed by atoms with Crippen molar-refractivity contribution in [3.8, 4) is 0 Å². The van der Waals surface area contributed by atoms with Crippen LogP contribution >= 0.6 is 0 Å². The molecule has 0 aliphatic carbocycles. The fourth-order valence-corrected chi connectivity index (χ4v) is 3.61. The van der Waals surface area contributed by atoms with Crippen molar-refractivity contribution >= 4 is 17.4 Å². The number of nitrogens with zero attached hydrogens (tertiary/aromatic N) is 2. The van der Waals surface area contributed by atoms with Crippen LogP contribution in [0.2, 0.25) is 0 Å². The SMILES string of the molecule is Cc1cc(C)c(N2CCN(C(=O)Nc3c(F)cccc3F)CC2)c(C)c1. The minimum Gasteiger partial charge on any atom is -0.368 e. The Morgan fingerprint density at radius 3 is 2.04 bits per heavy atom. The van der Waals surface area contributed by atoms with Crippen LogP contribution in [-0.2, 0) is 0 Å². The monoisotopic (exact) mass is 359 g/mol. The van der Waals surface area contributed by atoms with Crippen molar-refractivity contribution < 1.29 is 13.6 Å². The molecule has 0 spiro atoms. The van der Waals surface area contributed by atoms with E-state index in [-0.39, 0.29) is 0 Å². The lowest BCUT2D eigenvalue weighted by molar-refractivity contribution is 0.208. The molecule has 2 amide bonds. The van der Waals surface area contributed by atoms with Crippen molar-refractivity contribution in [3.63, 3.8) is 0 Å². The van der Waals surface area contributed by atoms with Gasteiger partial charge in [0, 0.05) is 31.9 Å². The molecule has 4 nitrogen and oxygen atoms in total. The van der Waals surface area contributed by atoms with E-state index in [0.29, 0.717) is 26.2 Å². The maximum Gasteiger partial charge on any atom is 0.322 e. The summed E-state index contributed by atoms with van der Waals surface area (Å²) in [5, 5.41) is 2.35. The van der Waals surface area contributed by atoms with E-state index in [4.69, 9.17) is 0 Å². The molecule has 0 unspecified atom stereocenters. The zero-order chi connectivity index (χ0) is 18.8. The summed E-state index contributed by atoms with van der Waals surface area (Å²) in [6, 6.07) is 7.35. The number of para-hydroxylation sites is 1. The molecule has 26 heavy (non-hydrogen) atoms. The van der Waals surface area contributed by atoms with Gasteiger partial charge in [0.25, 0.3) is 0 Å². The summed E-state index contributed by atoms with van der Waals surface area (Å²) >= 11 is 0. The van der Waals surface area contributed by atoms with Crippen molar-refractivity contribution in [1.29, 1.82) is 0 Å². The molecule has 2 aromatic carbocycles. The van der Waals surface area contributed by atoms with Crippen LogP contribution in [0.15, 0.2) is 30.3 Å². The summed E-state index contributed by atoms with van der Waals surface area (Å²) < 4.78 is 27.4. The van der Waals surface area contributed by atoms with Gasteiger partial charge < -0.3 is 15.1 Å². The maximum absolute atomic E-state index is 13.7. The Hall–Kier alpha value is -2.63. The molecule has 0 aromatic heterocycles. The third-order valence-electron chi connectivity index (χ3n) is 4.71. The number of hydrogen-bond acceptors (Lipinski definition) is 2. The number of rotatable bonds is 2. The van der Waals surface area contributed by atoms with Crippen LogP contribution in [0, 0.1) is 32.4 Å². The topological polar surface area (TPSA) is 35.6 Å². The summed E-state index contributed by atoms with van der Waals surface area (Å²) in [7, 11) is 0. The highest BCUT2D eigenvalue weighted by Crippen LogP contribution is 2.27. The molecule has 138 valence electrons. The number of anilines is 2. The van der Waals surface area contributed by atoms with Crippen LogP contribution in [0.1, 0.15) is 16.7 Å². The minimum atomic E-state index is -0.775. The first kappa shape index (κ1) is 18.2. The zero-order valence-corrected chi connectivity index (χ0v) is 15.3. The van der Waals surface area contributed by atoms with E-state index >= 15 is 0 Å². The maximum atomic E-state index is 13.7. The average Bonchev–Trinajstić information content (AvgIpc) is 2.58. The number of urea groups is 1. The molecule has 1 aliphatic rings. The summed E-state index contributed by atoms with van der Waals surface area (Å²) in [5.74, 6) is -1.55. The van der Waals surface area contributed by atoms with Crippen molar-refractivity contribution in [3.05, 3.63) is 58.7 Å². The van der Waals surface area contributed by atoms with Crippen LogP contribution in [0.25, 0.3) is 0 Å². The molecule has 0 atom stereocenters. The summed E-state index contributed by atoms with van der Waals surface area (Å²) in [6.07, 6.45) is 0. The quantitative estimate of drug-likeness (QED) is 0.870. The van der Waals surface area contributed by atoms with Crippen LogP contribution in [0.4, 0.5) is 25.0 Å². The molecule has 0 saturated carbocycles. The lowest BCUT2D eigenvalue weighted by Crippen LogP contribution is -2.50. The minimum absolute atomic E-state index is 0.398. The Balaban J connectivity index is 1.66. The molecule has 0 radical (unpaired) electrons. The van der Waals surface area contributed by atoms with Gasteiger partial charge in [-0.1, -0.05) is 23.8 Å². The van der Waals surface area contributed by atoms with E-state index in [1.807, 2.05) is 0 Å². The molecule has 6 heteroatoms. The van der Waals surface area contributed by atoms with Crippen molar-refractivity contribution in [2.45, 2.75) is 20.8 Å². The smallest absolute Gasteiger partial charge is 0.322 e. The molecule has 1 N–H and O–H groups in total. The second-order valence-electron chi connectivity index (χ2n) is 6.75. The van der Waals surface area contributed by atoms with Crippen LogP contribution in [-0.4, -0.2) is 37.1 Å². The number of amides is 2. The van der Waals surface area contributed by atoms with E-state index in [1.165, 1.54) is 28.4 Å². The molecule has 3 rings (SSSR count). The lowest BCUT2D eigenvalue weighted by Gasteiger charge is -2.37. The fraction of sp³-hybridized carbons (Fsp3) is 0.350. The molecule has 1 saturated heterocycles. The molecule has 1 heterocycles.